The van der Waals surface area contributed by atoms with Crippen molar-refractivity contribution in [2.24, 2.45) is 0 Å². The van der Waals surface area contributed by atoms with Gasteiger partial charge in [0.25, 0.3) is 5.91 Å². The maximum absolute atomic E-state index is 12.9. The summed E-state index contributed by atoms with van der Waals surface area (Å²) in [4.78, 5) is 12.9. The highest BCUT2D eigenvalue weighted by Crippen LogP contribution is 2.23. The van der Waals surface area contributed by atoms with Crippen LogP contribution >= 0.6 is 0 Å². The second-order valence-corrected chi connectivity index (χ2v) is 6.62. The number of carbonyl (C=O) groups excluding carboxylic acids is 1. The van der Waals surface area contributed by atoms with Crippen molar-refractivity contribution in [3.05, 3.63) is 89.6 Å². The molecule has 0 unspecified atom stereocenters. The number of benzene rings is 3. The molecule has 3 aromatic carbocycles. The van der Waals surface area contributed by atoms with Crippen LogP contribution in [0.3, 0.4) is 0 Å². The van der Waals surface area contributed by atoms with Gasteiger partial charge < -0.3 is 5.32 Å². The van der Waals surface area contributed by atoms with Gasteiger partial charge in [0.1, 0.15) is 0 Å². The first-order valence-electron chi connectivity index (χ1n) is 9.11. The summed E-state index contributed by atoms with van der Waals surface area (Å²) < 4.78 is 1.83. The molecule has 0 atom stereocenters. The van der Waals surface area contributed by atoms with Crippen LogP contribution in [0.4, 0.5) is 5.69 Å². The van der Waals surface area contributed by atoms with Crippen LogP contribution < -0.4 is 5.32 Å². The molecule has 27 heavy (non-hydrogen) atoms. The van der Waals surface area contributed by atoms with Crippen LogP contribution in [0.25, 0.3) is 16.6 Å². The number of hydrogen-bond acceptors (Lipinski definition) is 2. The van der Waals surface area contributed by atoms with Crippen LogP contribution in [0.2, 0.25) is 0 Å². The lowest BCUT2D eigenvalue weighted by molar-refractivity contribution is 0.102. The lowest BCUT2D eigenvalue weighted by atomic mass is 10.1. The molecule has 4 nitrogen and oxygen atoms in total. The zero-order chi connectivity index (χ0) is 18.8. The van der Waals surface area contributed by atoms with Gasteiger partial charge in [0.2, 0.25) is 0 Å². The van der Waals surface area contributed by atoms with E-state index in [4.69, 9.17) is 0 Å². The Hall–Kier alpha value is -3.40. The van der Waals surface area contributed by atoms with E-state index in [1.165, 1.54) is 11.1 Å². The Labute approximate surface area is 158 Å². The number of hydrogen-bond donors (Lipinski definition) is 1. The second-order valence-electron chi connectivity index (χ2n) is 6.62. The number of anilines is 1. The third kappa shape index (κ3) is 3.34. The fraction of sp³-hybridized carbons (Fsp3) is 0.130. The van der Waals surface area contributed by atoms with Crippen molar-refractivity contribution in [3.8, 4) is 5.69 Å². The minimum atomic E-state index is -0.203. The summed E-state index contributed by atoms with van der Waals surface area (Å²) in [5.74, 6) is -0.203. The van der Waals surface area contributed by atoms with Crippen molar-refractivity contribution in [3.63, 3.8) is 0 Å². The lowest BCUT2D eigenvalue weighted by Gasteiger charge is -2.05. The minimum absolute atomic E-state index is 0.203. The monoisotopic (exact) mass is 355 g/mol. The zero-order valence-electron chi connectivity index (χ0n) is 15.4. The van der Waals surface area contributed by atoms with Crippen LogP contribution in [0.15, 0.2) is 72.8 Å². The number of rotatable bonds is 4. The minimum Gasteiger partial charge on any atom is -0.321 e. The van der Waals surface area contributed by atoms with Gasteiger partial charge >= 0.3 is 0 Å². The predicted octanol–water partition coefficient (Wildman–Crippen LogP) is 5.15. The van der Waals surface area contributed by atoms with E-state index in [1.807, 2.05) is 78.3 Å². The first-order chi connectivity index (χ1) is 13.2. The van der Waals surface area contributed by atoms with E-state index in [1.54, 1.807) is 0 Å². The molecule has 0 aliphatic carbocycles. The summed E-state index contributed by atoms with van der Waals surface area (Å²) in [6.07, 6.45) is 0.925. The number of aryl methyl sites for hydroxylation is 2. The van der Waals surface area contributed by atoms with Gasteiger partial charge in [-0.3, -0.25) is 4.79 Å². The van der Waals surface area contributed by atoms with Crippen molar-refractivity contribution >= 4 is 22.5 Å². The van der Waals surface area contributed by atoms with Gasteiger partial charge in [0.15, 0.2) is 5.69 Å². The van der Waals surface area contributed by atoms with Gasteiger partial charge in [0, 0.05) is 11.1 Å². The van der Waals surface area contributed by atoms with Crippen molar-refractivity contribution < 1.29 is 4.79 Å². The molecule has 1 amide bonds. The molecule has 0 aliphatic rings. The van der Waals surface area contributed by atoms with Gasteiger partial charge in [0.05, 0.1) is 11.2 Å². The van der Waals surface area contributed by atoms with Gasteiger partial charge in [-0.2, -0.15) is 5.10 Å². The molecule has 1 heterocycles. The molecule has 0 fully saturated rings. The molecule has 1 aromatic heterocycles. The zero-order valence-corrected chi connectivity index (χ0v) is 15.4. The van der Waals surface area contributed by atoms with Crippen molar-refractivity contribution in [1.29, 1.82) is 0 Å². The third-order valence-electron chi connectivity index (χ3n) is 4.67. The van der Waals surface area contributed by atoms with Crippen LogP contribution in [-0.2, 0) is 6.42 Å². The Morgan fingerprint density at radius 1 is 1.00 bits per heavy atom. The standard InChI is InChI=1S/C23H21N3O/c1-3-17-7-6-8-18(15-17)24-23(27)22-20-9-4-5-10-21(20)26(25-22)19-13-11-16(2)12-14-19/h4-15H,3H2,1-2H3,(H,24,27). The molecule has 4 aromatic rings. The third-order valence-corrected chi connectivity index (χ3v) is 4.67. The molecule has 4 rings (SSSR count). The van der Waals surface area contributed by atoms with Crippen LogP contribution in [0, 0.1) is 6.92 Å². The van der Waals surface area contributed by atoms with Gasteiger partial charge in [-0.1, -0.05) is 55.0 Å². The van der Waals surface area contributed by atoms with Crippen LogP contribution in [0.1, 0.15) is 28.5 Å². The topological polar surface area (TPSA) is 46.9 Å². The van der Waals surface area contributed by atoms with E-state index >= 15 is 0 Å². The van der Waals surface area contributed by atoms with Crippen molar-refractivity contribution in [1.82, 2.24) is 9.78 Å². The molecule has 0 bridgehead atoms. The molecule has 0 saturated carbocycles. The average molecular weight is 355 g/mol. The number of nitrogens with zero attached hydrogens (tertiary/aromatic N) is 2. The van der Waals surface area contributed by atoms with Crippen LogP contribution in [0.5, 0.6) is 0 Å². The number of fused-ring (bicyclic) bond motifs is 1. The molecule has 1 N–H and O–H groups in total. The highest BCUT2D eigenvalue weighted by Gasteiger charge is 2.18. The normalized spacial score (nSPS) is 10.9. The molecule has 0 spiro atoms. The maximum Gasteiger partial charge on any atom is 0.276 e. The fourth-order valence-electron chi connectivity index (χ4n) is 3.18. The molecule has 4 heteroatoms. The van der Waals surface area contributed by atoms with Gasteiger partial charge in [-0.15, -0.1) is 0 Å². The Kier molecular flexibility index (Phi) is 4.47. The number of nitrogens with one attached hydrogen (secondary N) is 1. The highest BCUT2D eigenvalue weighted by atomic mass is 16.2. The number of amides is 1. The summed E-state index contributed by atoms with van der Waals surface area (Å²) >= 11 is 0. The van der Waals surface area contributed by atoms with Crippen molar-refractivity contribution in [2.45, 2.75) is 20.3 Å². The van der Waals surface area contributed by atoms with Crippen LogP contribution in [-0.4, -0.2) is 15.7 Å². The summed E-state index contributed by atoms with van der Waals surface area (Å²) in [5, 5.41) is 8.45. The molecule has 0 aliphatic heterocycles. The predicted molar refractivity (Wildman–Crippen MR) is 110 cm³/mol. The van der Waals surface area contributed by atoms with Gasteiger partial charge in [-0.25, -0.2) is 4.68 Å². The first-order valence-corrected chi connectivity index (χ1v) is 9.11. The first kappa shape index (κ1) is 17.0. The van der Waals surface area contributed by atoms with E-state index < -0.39 is 0 Å². The van der Waals surface area contributed by atoms with Crippen molar-refractivity contribution in [2.75, 3.05) is 5.32 Å². The van der Waals surface area contributed by atoms with E-state index in [0.29, 0.717) is 5.69 Å². The fourth-order valence-corrected chi connectivity index (χ4v) is 3.18. The summed E-state index contributed by atoms with van der Waals surface area (Å²) in [5.41, 5.74) is 5.42. The molecular formula is C23H21N3O. The quantitative estimate of drug-likeness (QED) is 0.550. The van der Waals surface area contributed by atoms with E-state index in [0.717, 1.165) is 28.7 Å². The largest absolute Gasteiger partial charge is 0.321 e. The summed E-state index contributed by atoms with van der Waals surface area (Å²) in [6, 6.07) is 23.8. The lowest BCUT2D eigenvalue weighted by Crippen LogP contribution is -2.13. The molecular weight excluding hydrogens is 334 g/mol. The van der Waals surface area contributed by atoms with E-state index in [-0.39, 0.29) is 5.91 Å². The number of para-hydroxylation sites is 1. The summed E-state index contributed by atoms with van der Waals surface area (Å²) in [6.45, 7) is 4.14. The molecule has 0 radical (unpaired) electrons. The Balaban J connectivity index is 1.75. The van der Waals surface area contributed by atoms with E-state index in [9.17, 15) is 4.79 Å². The number of carbonyl (C=O) groups is 1. The summed E-state index contributed by atoms with van der Waals surface area (Å²) in [7, 11) is 0. The Morgan fingerprint density at radius 3 is 2.56 bits per heavy atom. The second kappa shape index (κ2) is 7.08. The highest BCUT2D eigenvalue weighted by molar-refractivity contribution is 6.11. The van der Waals surface area contributed by atoms with Gasteiger partial charge in [-0.05, 0) is 49.2 Å². The Bertz CT molecular complexity index is 1110. The Morgan fingerprint density at radius 2 is 1.78 bits per heavy atom. The average Bonchev–Trinajstić information content (AvgIpc) is 3.09. The maximum atomic E-state index is 12.9. The molecule has 0 saturated heterocycles. The van der Waals surface area contributed by atoms with E-state index in [2.05, 4.69) is 23.4 Å². The smallest absolute Gasteiger partial charge is 0.276 e. The SMILES string of the molecule is CCc1cccc(NC(=O)c2nn(-c3ccc(C)cc3)c3ccccc23)c1. The molecule has 134 valence electrons. The number of aromatic nitrogens is 2.